The van der Waals surface area contributed by atoms with Gasteiger partial charge in [-0.15, -0.1) is 0 Å². The molecule has 1 N–H and O–H groups in total. The van der Waals surface area contributed by atoms with Crippen molar-refractivity contribution in [3.05, 3.63) is 70.3 Å². The second-order valence-corrected chi connectivity index (χ2v) is 8.82. The quantitative estimate of drug-likeness (QED) is 0.450. The van der Waals surface area contributed by atoms with Crippen LogP contribution in [0.3, 0.4) is 0 Å². The molecule has 0 bridgehead atoms. The van der Waals surface area contributed by atoms with Crippen LogP contribution in [0.15, 0.2) is 54.6 Å². The Morgan fingerprint density at radius 2 is 1.48 bits per heavy atom. The highest BCUT2D eigenvalue weighted by molar-refractivity contribution is 6.31. The summed E-state index contributed by atoms with van der Waals surface area (Å²) in [7, 11) is 0. The number of hydrogen-bond acceptors (Lipinski definition) is 2. The lowest BCUT2D eigenvalue weighted by atomic mass is 10.0. The van der Waals surface area contributed by atoms with Gasteiger partial charge in [0.2, 0.25) is 0 Å². The number of hydrazine groups is 1. The first kappa shape index (κ1) is 21.9. The number of aromatic nitrogens is 1. The Balaban J connectivity index is 1.82. The molecule has 6 heteroatoms. The van der Waals surface area contributed by atoms with Crippen LogP contribution in [0.5, 0.6) is 0 Å². The minimum Gasteiger partial charge on any atom is -0.336 e. The van der Waals surface area contributed by atoms with E-state index in [1.165, 1.54) is 6.42 Å². The van der Waals surface area contributed by atoms with Gasteiger partial charge in [0.05, 0.1) is 5.69 Å². The second kappa shape index (κ2) is 9.90. The fraction of sp³-hybridized carbons (Fsp3) is 0.320. The molecule has 4 nitrogen and oxygen atoms in total. The van der Waals surface area contributed by atoms with Crippen molar-refractivity contribution in [2.45, 2.75) is 39.2 Å². The first-order valence-corrected chi connectivity index (χ1v) is 11.6. The molecular formula is C25H27Cl2N3O. The van der Waals surface area contributed by atoms with Crippen LogP contribution in [0.4, 0.5) is 0 Å². The molecule has 31 heavy (non-hydrogen) atoms. The van der Waals surface area contributed by atoms with E-state index in [1.54, 1.807) is 0 Å². The molecule has 1 aliphatic rings. The van der Waals surface area contributed by atoms with E-state index in [-0.39, 0.29) is 5.91 Å². The molecule has 0 spiro atoms. The Bertz CT molecular complexity index is 1040. The zero-order valence-corrected chi connectivity index (χ0v) is 19.2. The number of nitrogens with zero attached hydrogens (tertiary/aromatic N) is 2. The van der Waals surface area contributed by atoms with E-state index in [4.69, 9.17) is 23.2 Å². The third kappa shape index (κ3) is 4.98. The van der Waals surface area contributed by atoms with Crippen molar-refractivity contribution in [1.29, 1.82) is 0 Å². The summed E-state index contributed by atoms with van der Waals surface area (Å²) >= 11 is 12.3. The third-order valence-electron chi connectivity index (χ3n) is 5.67. The van der Waals surface area contributed by atoms with Crippen molar-refractivity contribution >= 4 is 29.1 Å². The van der Waals surface area contributed by atoms with Gasteiger partial charge >= 0.3 is 0 Å². The van der Waals surface area contributed by atoms with Gasteiger partial charge in [0, 0.05) is 35.2 Å². The van der Waals surface area contributed by atoms with Gasteiger partial charge in [-0.3, -0.25) is 10.2 Å². The van der Waals surface area contributed by atoms with Gasteiger partial charge in [-0.25, -0.2) is 5.01 Å². The summed E-state index contributed by atoms with van der Waals surface area (Å²) in [5.41, 5.74) is 7.88. The summed E-state index contributed by atoms with van der Waals surface area (Å²) in [5, 5.41) is 3.42. The molecule has 1 fully saturated rings. The molecular weight excluding hydrogens is 429 g/mol. The standard InChI is InChI=1S/C25H27Cl2N3O/c1-2-14-30-23(25(31)28-29-15-4-3-5-16-29)17-22(18-6-10-20(26)11-7-18)24(30)19-8-12-21(27)13-9-19/h6-13,17H,2-5,14-16H2,1H3,(H,28,31). The molecule has 1 amide bonds. The van der Waals surface area contributed by atoms with Gasteiger partial charge in [-0.05, 0) is 60.7 Å². The number of carbonyl (C=O) groups excluding carboxylic acids is 1. The highest BCUT2D eigenvalue weighted by Crippen LogP contribution is 2.36. The zero-order valence-electron chi connectivity index (χ0n) is 17.7. The molecule has 0 radical (unpaired) electrons. The van der Waals surface area contributed by atoms with Gasteiger partial charge in [-0.2, -0.15) is 0 Å². The number of piperidine rings is 1. The van der Waals surface area contributed by atoms with Gasteiger partial charge < -0.3 is 4.57 Å². The normalized spacial score (nSPS) is 14.5. The zero-order chi connectivity index (χ0) is 21.8. The van der Waals surface area contributed by atoms with E-state index in [0.29, 0.717) is 15.7 Å². The van der Waals surface area contributed by atoms with E-state index in [2.05, 4.69) is 16.9 Å². The monoisotopic (exact) mass is 455 g/mol. The van der Waals surface area contributed by atoms with Crippen LogP contribution in [-0.4, -0.2) is 28.6 Å². The van der Waals surface area contributed by atoms with Crippen LogP contribution in [0, 0.1) is 0 Å². The molecule has 0 aliphatic carbocycles. The van der Waals surface area contributed by atoms with E-state index < -0.39 is 0 Å². The Hall–Kier alpha value is -2.27. The van der Waals surface area contributed by atoms with Crippen LogP contribution < -0.4 is 5.43 Å². The maximum absolute atomic E-state index is 13.3. The predicted octanol–water partition coefficient (Wildman–Crippen LogP) is 6.67. The largest absolute Gasteiger partial charge is 0.336 e. The average Bonchev–Trinajstić information content (AvgIpc) is 3.15. The highest BCUT2D eigenvalue weighted by atomic mass is 35.5. The van der Waals surface area contributed by atoms with Crippen molar-refractivity contribution in [2.75, 3.05) is 13.1 Å². The lowest BCUT2D eigenvalue weighted by molar-refractivity contribution is 0.0740. The molecule has 162 valence electrons. The second-order valence-electron chi connectivity index (χ2n) is 7.95. The van der Waals surface area contributed by atoms with E-state index >= 15 is 0 Å². The van der Waals surface area contributed by atoms with Crippen LogP contribution >= 0.6 is 23.2 Å². The molecule has 1 aromatic heterocycles. The summed E-state index contributed by atoms with van der Waals surface area (Å²) in [4.78, 5) is 13.3. The highest BCUT2D eigenvalue weighted by Gasteiger charge is 2.23. The van der Waals surface area contributed by atoms with Crippen molar-refractivity contribution in [2.24, 2.45) is 0 Å². The number of amides is 1. The number of rotatable bonds is 6. The first-order valence-electron chi connectivity index (χ1n) is 10.9. The molecule has 3 aromatic rings. The lowest BCUT2D eigenvalue weighted by Gasteiger charge is -2.27. The Morgan fingerprint density at radius 1 is 0.903 bits per heavy atom. The Labute approximate surface area is 193 Å². The molecule has 0 atom stereocenters. The van der Waals surface area contributed by atoms with Crippen LogP contribution in [0.25, 0.3) is 22.4 Å². The number of nitrogens with one attached hydrogen (secondary N) is 1. The number of benzene rings is 2. The maximum Gasteiger partial charge on any atom is 0.282 e. The number of hydrogen-bond donors (Lipinski definition) is 1. The Morgan fingerprint density at radius 3 is 2.06 bits per heavy atom. The fourth-order valence-corrected chi connectivity index (χ4v) is 4.42. The van der Waals surface area contributed by atoms with Crippen LogP contribution in [-0.2, 0) is 6.54 Å². The van der Waals surface area contributed by atoms with Crippen molar-refractivity contribution < 1.29 is 4.79 Å². The smallest absolute Gasteiger partial charge is 0.282 e. The molecule has 1 aliphatic heterocycles. The SMILES string of the molecule is CCCn1c(C(=O)NN2CCCCC2)cc(-c2ccc(Cl)cc2)c1-c1ccc(Cl)cc1. The number of halogens is 2. The van der Waals surface area contributed by atoms with E-state index in [0.717, 1.165) is 61.3 Å². The minimum atomic E-state index is -0.0641. The predicted molar refractivity (Wildman–Crippen MR) is 129 cm³/mol. The summed E-state index contributed by atoms with van der Waals surface area (Å²) < 4.78 is 2.13. The van der Waals surface area contributed by atoms with Crippen molar-refractivity contribution in [3.8, 4) is 22.4 Å². The Kier molecular flexibility index (Phi) is 7.01. The van der Waals surface area contributed by atoms with E-state index in [1.807, 2.05) is 59.6 Å². The van der Waals surface area contributed by atoms with Gasteiger partial charge in [0.1, 0.15) is 5.69 Å². The summed E-state index contributed by atoms with van der Waals surface area (Å²) in [6.45, 7) is 4.66. The van der Waals surface area contributed by atoms with Crippen LogP contribution in [0.2, 0.25) is 10.0 Å². The molecule has 2 heterocycles. The molecule has 0 saturated carbocycles. The molecule has 2 aromatic carbocycles. The summed E-state index contributed by atoms with van der Waals surface area (Å²) in [5.74, 6) is -0.0641. The van der Waals surface area contributed by atoms with Gasteiger partial charge in [0.15, 0.2) is 0 Å². The molecule has 4 rings (SSSR count). The third-order valence-corrected chi connectivity index (χ3v) is 6.17. The van der Waals surface area contributed by atoms with Gasteiger partial charge in [0.25, 0.3) is 5.91 Å². The summed E-state index contributed by atoms with van der Waals surface area (Å²) in [6, 6.07) is 17.6. The maximum atomic E-state index is 13.3. The van der Waals surface area contributed by atoms with Crippen LogP contribution in [0.1, 0.15) is 43.1 Å². The van der Waals surface area contributed by atoms with Crippen molar-refractivity contribution in [3.63, 3.8) is 0 Å². The average molecular weight is 456 g/mol. The number of carbonyl (C=O) groups is 1. The molecule has 0 unspecified atom stereocenters. The lowest BCUT2D eigenvalue weighted by Crippen LogP contribution is -2.45. The van der Waals surface area contributed by atoms with Gasteiger partial charge in [-0.1, -0.05) is 60.8 Å². The minimum absolute atomic E-state index is 0.0641. The topological polar surface area (TPSA) is 37.3 Å². The molecule has 1 saturated heterocycles. The van der Waals surface area contributed by atoms with Crippen molar-refractivity contribution in [1.82, 2.24) is 15.0 Å². The summed E-state index contributed by atoms with van der Waals surface area (Å²) in [6.07, 6.45) is 4.37. The fourth-order valence-electron chi connectivity index (χ4n) is 4.17. The van der Waals surface area contributed by atoms with E-state index in [9.17, 15) is 4.79 Å². The first-order chi connectivity index (χ1) is 15.1.